The molecule has 120 valence electrons. The van der Waals surface area contributed by atoms with Gasteiger partial charge in [-0.15, -0.1) is 0 Å². The van der Waals surface area contributed by atoms with Gasteiger partial charge >= 0.3 is 0 Å². The van der Waals surface area contributed by atoms with E-state index >= 15 is 0 Å². The van der Waals surface area contributed by atoms with Gasteiger partial charge in [0.2, 0.25) is 0 Å². The van der Waals surface area contributed by atoms with Gasteiger partial charge in [-0.1, -0.05) is 24.3 Å². The van der Waals surface area contributed by atoms with Gasteiger partial charge in [-0.2, -0.15) is 0 Å². The molecule has 1 spiro atoms. The average molecular weight is 303 g/mol. The third-order valence-corrected chi connectivity index (χ3v) is 5.35. The van der Waals surface area contributed by atoms with Gasteiger partial charge in [-0.3, -0.25) is 4.90 Å². The van der Waals surface area contributed by atoms with Crippen molar-refractivity contribution in [2.45, 2.75) is 31.5 Å². The molecule has 1 aliphatic carbocycles. The van der Waals surface area contributed by atoms with Crippen LogP contribution >= 0.6 is 0 Å². The summed E-state index contributed by atoms with van der Waals surface area (Å²) in [6.45, 7) is 2.80. The molecule has 0 radical (unpaired) electrons. The Labute approximate surface area is 132 Å². The molecular formula is C18H25NO3. The van der Waals surface area contributed by atoms with Gasteiger partial charge in [0, 0.05) is 18.4 Å². The zero-order valence-electron chi connectivity index (χ0n) is 13.1. The molecule has 1 saturated carbocycles. The number of nitrogens with zero attached hydrogens (tertiary/aromatic N) is 1. The fraction of sp³-hybridized carbons (Fsp3) is 0.556. The number of hydrogen-bond acceptors (Lipinski definition) is 4. The van der Waals surface area contributed by atoms with Crippen LogP contribution in [0.1, 0.15) is 24.8 Å². The molecule has 0 bridgehead atoms. The van der Waals surface area contributed by atoms with Crippen molar-refractivity contribution in [3.05, 3.63) is 35.9 Å². The normalized spacial score (nSPS) is 28.0. The summed E-state index contributed by atoms with van der Waals surface area (Å²) in [5, 5.41) is 19.9. The highest BCUT2D eigenvalue weighted by molar-refractivity contribution is 5.50. The first-order valence-corrected chi connectivity index (χ1v) is 8.03. The first-order chi connectivity index (χ1) is 10.6. The SMILES string of the molecule is COc1ccc(/C=C/CN2CCC3(CC2)[C@H](O)C[C@@H]3O)cc1. The van der Waals surface area contributed by atoms with Gasteiger partial charge in [-0.05, 0) is 43.6 Å². The second kappa shape index (κ2) is 6.41. The molecule has 22 heavy (non-hydrogen) atoms. The van der Waals surface area contributed by atoms with Crippen LogP contribution in [0.5, 0.6) is 5.75 Å². The number of ether oxygens (including phenoxy) is 1. The van der Waals surface area contributed by atoms with Gasteiger partial charge in [-0.25, -0.2) is 0 Å². The molecule has 1 aliphatic heterocycles. The minimum Gasteiger partial charge on any atom is -0.497 e. The van der Waals surface area contributed by atoms with Crippen molar-refractivity contribution in [3.8, 4) is 5.75 Å². The Hall–Kier alpha value is -1.36. The summed E-state index contributed by atoms with van der Waals surface area (Å²) in [6, 6.07) is 8.01. The summed E-state index contributed by atoms with van der Waals surface area (Å²) in [5.74, 6) is 0.871. The molecule has 4 nitrogen and oxygen atoms in total. The maximum absolute atomic E-state index is 9.94. The molecule has 1 heterocycles. The minimum atomic E-state index is -0.306. The van der Waals surface area contributed by atoms with Crippen molar-refractivity contribution in [3.63, 3.8) is 0 Å². The smallest absolute Gasteiger partial charge is 0.118 e. The number of methoxy groups -OCH3 is 1. The standard InChI is InChI=1S/C18H25NO3/c1-22-15-6-4-14(5-7-15)3-2-10-19-11-8-18(9-12-19)16(20)13-17(18)21/h2-7,16-17,20-21H,8-13H2,1H3/b3-2+/t16-,17+. The fourth-order valence-corrected chi connectivity index (χ4v) is 3.61. The van der Waals surface area contributed by atoms with Crippen LogP contribution in [-0.4, -0.2) is 54.1 Å². The topological polar surface area (TPSA) is 52.9 Å². The van der Waals surface area contributed by atoms with E-state index in [-0.39, 0.29) is 17.6 Å². The summed E-state index contributed by atoms with van der Waals surface area (Å²) < 4.78 is 5.15. The average Bonchev–Trinajstić information content (AvgIpc) is 2.56. The lowest BCUT2D eigenvalue weighted by molar-refractivity contribution is -0.189. The van der Waals surface area contributed by atoms with E-state index in [1.54, 1.807) is 7.11 Å². The van der Waals surface area contributed by atoms with E-state index in [1.807, 2.05) is 24.3 Å². The summed E-state index contributed by atoms with van der Waals surface area (Å²) in [4.78, 5) is 2.38. The number of aliphatic hydroxyl groups is 2. The van der Waals surface area contributed by atoms with Gasteiger partial charge < -0.3 is 14.9 Å². The summed E-state index contributed by atoms with van der Waals surface area (Å²) >= 11 is 0. The number of hydrogen-bond donors (Lipinski definition) is 2. The molecule has 2 fully saturated rings. The second-order valence-corrected chi connectivity index (χ2v) is 6.48. The molecule has 4 heteroatoms. The quantitative estimate of drug-likeness (QED) is 0.892. The third-order valence-electron chi connectivity index (χ3n) is 5.35. The lowest BCUT2D eigenvalue weighted by Gasteiger charge is -2.55. The van der Waals surface area contributed by atoms with Gasteiger partial charge in [0.1, 0.15) is 5.75 Å². The zero-order valence-corrected chi connectivity index (χ0v) is 13.1. The number of rotatable bonds is 4. The van der Waals surface area contributed by atoms with Crippen molar-refractivity contribution in [1.82, 2.24) is 4.90 Å². The zero-order chi connectivity index (χ0) is 15.6. The second-order valence-electron chi connectivity index (χ2n) is 6.48. The molecule has 1 saturated heterocycles. The fourth-order valence-electron chi connectivity index (χ4n) is 3.61. The number of aliphatic hydroxyl groups excluding tert-OH is 2. The summed E-state index contributed by atoms with van der Waals surface area (Å²) in [5.41, 5.74) is 0.954. The lowest BCUT2D eigenvalue weighted by atomic mass is 9.58. The molecule has 0 aromatic heterocycles. The Kier molecular flexibility index (Phi) is 4.52. The number of benzene rings is 1. The van der Waals surface area contributed by atoms with Crippen molar-refractivity contribution in [2.24, 2.45) is 5.41 Å². The van der Waals surface area contributed by atoms with Crippen LogP contribution in [-0.2, 0) is 0 Å². The predicted molar refractivity (Wildman–Crippen MR) is 86.8 cm³/mol. The van der Waals surface area contributed by atoms with E-state index < -0.39 is 0 Å². The highest BCUT2D eigenvalue weighted by Crippen LogP contribution is 2.49. The van der Waals surface area contributed by atoms with Gasteiger partial charge in [0.25, 0.3) is 0 Å². The van der Waals surface area contributed by atoms with E-state index in [4.69, 9.17) is 4.74 Å². The number of likely N-dealkylation sites (tertiary alicyclic amines) is 1. The molecule has 2 N–H and O–H groups in total. The molecule has 2 atom stereocenters. The van der Waals surface area contributed by atoms with E-state index in [2.05, 4.69) is 17.1 Å². The summed E-state index contributed by atoms with van der Waals surface area (Å²) in [6.07, 6.45) is 6.03. The van der Waals surface area contributed by atoms with Crippen molar-refractivity contribution in [1.29, 1.82) is 0 Å². The Balaban J connectivity index is 1.47. The van der Waals surface area contributed by atoms with Crippen LogP contribution < -0.4 is 4.74 Å². The van der Waals surface area contributed by atoms with Gasteiger partial charge in [0.05, 0.1) is 19.3 Å². The molecule has 3 rings (SSSR count). The maximum atomic E-state index is 9.94. The first kappa shape index (κ1) is 15.5. The predicted octanol–water partition coefficient (Wildman–Crippen LogP) is 1.92. The van der Waals surface area contributed by atoms with E-state index in [9.17, 15) is 10.2 Å². The molecule has 0 amide bonds. The molecule has 1 aromatic rings. The highest BCUT2D eigenvalue weighted by Gasteiger charge is 2.54. The minimum absolute atomic E-state index is 0.212. The van der Waals surface area contributed by atoms with Crippen LogP contribution in [0.25, 0.3) is 6.08 Å². The summed E-state index contributed by atoms with van der Waals surface area (Å²) in [7, 11) is 1.67. The number of piperidine rings is 1. The lowest BCUT2D eigenvalue weighted by Crippen LogP contribution is -2.61. The van der Waals surface area contributed by atoms with Crippen LogP contribution in [0, 0.1) is 5.41 Å². The Morgan fingerprint density at radius 3 is 2.36 bits per heavy atom. The largest absolute Gasteiger partial charge is 0.497 e. The van der Waals surface area contributed by atoms with Crippen LogP contribution in [0.15, 0.2) is 30.3 Å². The molecule has 1 aromatic carbocycles. The molecule has 0 unspecified atom stereocenters. The third kappa shape index (κ3) is 2.91. The van der Waals surface area contributed by atoms with Crippen LogP contribution in [0.4, 0.5) is 0 Å². The Morgan fingerprint density at radius 2 is 1.82 bits per heavy atom. The maximum Gasteiger partial charge on any atom is 0.118 e. The van der Waals surface area contributed by atoms with Crippen LogP contribution in [0.3, 0.4) is 0 Å². The van der Waals surface area contributed by atoms with Crippen LogP contribution in [0.2, 0.25) is 0 Å². The first-order valence-electron chi connectivity index (χ1n) is 8.03. The van der Waals surface area contributed by atoms with E-state index in [1.165, 1.54) is 5.56 Å². The van der Waals surface area contributed by atoms with Crippen molar-refractivity contribution in [2.75, 3.05) is 26.7 Å². The molecule has 2 aliphatic rings. The van der Waals surface area contributed by atoms with E-state index in [0.29, 0.717) is 6.42 Å². The van der Waals surface area contributed by atoms with E-state index in [0.717, 1.165) is 38.2 Å². The monoisotopic (exact) mass is 303 g/mol. The van der Waals surface area contributed by atoms with Crippen molar-refractivity contribution >= 4 is 6.08 Å². The highest BCUT2D eigenvalue weighted by atomic mass is 16.5. The van der Waals surface area contributed by atoms with Crippen molar-refractivity contribution < 1.29 is 14.9 Å². The Bertz CT molecular complexity index is 508. The Morgan fingerprint density at radius 1 is 1.18 bits per heavy atom. The van der Waals surface area contributed by atoms with Gasteiger partial charge in [0.15, 0.2) is 0 Å². The molecular weight excluding hydrogens is 278 g/mol.